The minimum absolute atomic E-state index is 0.456. The molecule has 1 atom stereocenters. The molecular formula is C26H44O6Si4. The van der Waals surface area contributed by atoms with Crippen LogP contribution in [0.25, 0.3) is 0 Å². The molecule has 0 fully saturated rings. The van der Waals surface area contributed by atoms with E-state index in [1.165, 1.54) is 0 Å². The number of rotatable bonds is 12. The first-order valence-corrected chi connectivity index (χ1v) is 24.8. The van der Waals surface area contributed by atoms with Crippen molar-refractivity contribution in [1.82, 2.24) is 0 Å². The third-order valence-corrected chi connectivity index (χ3v) is 18.5. The normalized spacial score (nSPS) is 14.3. The fourth-order valence-electron chi connectivity index (χ4n) is 4.27. The molecule has 0 spiro atoms. The van der Waals surface area contributed by atoms with E-state index >= 15 is 0 Å². The molecule has 2 aromatic rings. The van der Waals surface area contributed by atoms with Gasteiger partial charge in [0.15, 0.2) is 16.6 Å². The second-order valence-corrected chi connectivity index (χ2v) is 28.3. The number of aryl methyl sites for hydroxylation is 2. The first-order valence-electron chi connectivity index (χ1n) is 12.6. The van der Waals surface area contributed by atoms with E-state index in [-0.39, 0.29) is 0 Å². The molecule has 2 rings (SSSR count). The van der Waals surface area contributed by atoms with Gasteiger partial charge in [0, 0.05) is 0 Å². The smallest absolute Gasteiger partial charge is 0.437 e. The molecule has 0 amide bonds. The average molecular weight is 565 g/mol. The number of para-hydroxylation sites is 1. The maximum absolute atomic E-state index is 12.4. The van der Waals surface area contributed by atoms with Crippen LogP contribution in [-0.2, 0) is 18.8 Å². The number of ether oxygens (including phenoxy) is 2. The van der Waals surface area contributed by atoms with Crippen LogP contribution in [0.5, 0.6) is 11.5 Å². The van der Waals surface area contributed by atoms with E-state index < -0.39 is 39.9 Å². The van der Waals surface area contributed by atoms with E-state index in [0.29, 0.717) is 11.5 Å². The van der Waals surface area contributed by atoms with Crippen molar-refractivity contribution in [2.45, 2.75) is 84.7 Å². The molecule has 2 aromatic carbocycles. The van der Waals surface area contributed by atoms with Gasteiger partial charge in [-0.15, -0.1) is 0 Å². The van der Waals surface area contributed by atoms with E-state index in [1.807, 2.05) is 37.3 Å². The fraction of sp³-hybridized carbons (Fsp3) is 0.500. The van der Waals surface area contributed by atoms with Gasteiger partial charge in [-0.1, -0.05) is 35.9 Å². The topological polar surface area (TPSA) is 63.2 Å². The zero-order valence-corrected chi connectivity index (χ0v) is 27.7. The molecular weight excluding hydrogens is 521 g/mol. The van der Waals surface area contributed by atoms with Crippen molar-refractivity contribution in [2.24, 2.45) is 0 Å². The molecule has 10 heteroatoms. The summed E-state index contributed by atoms with van der Waals surface area (Å²) in [5.41, 5.74) is 2.05. The van der Waals surface area contributed by atoms with Crippen molar-refractivity contribution >= 4 is 39.9 Å². The number of hydrogen-bond acceptors (Lipinski definition) is 6. The van der Waals surface area contributed by atoms with Gasteiger partial charge in [-0.05, 0) is 108 Å². The molecule has 0 aliphatic carbocycles. The summed E-state index contributed by atoms with van der Waals surface area (Å²) in [6.07, 6.45) is 0.858. The highest BCUT2D eigenvalue weighted by molar-refractivity contribution is 6.89. The predicted molar refractivity (Wildman–Crippen MR) is 156 cm³/mol. The van der Waals surface area contributed by atoms with E-state index in [0.717, 1.165) is 30.0 Å². The largest absolute Gasteiger partial charge is 0.519 e. The Morgan fingerprint density at radius 2 is 1.31 bits per heavy atom. The Morgan fingerprint density at radius 3 is 1.89 bits per heavy atom. The van der Waals surface area contributed by atoms with Gasteiger partial charge in [0.25, 0.3) is 0 Å². The molecule has 0 aliphatic rings. The van der Waals surface area contributed by atoms with Gasteiger partial charge in [0.1, 0.15) is 11.5 Å². The van der Waals surface area contributed by atoms with Crippen molar-refractivity contribution in [3.8, 4) is 11.5 Å². The number of carbonyl (C=O) groups excluding carboxylic acids is 1. The fourth-order valence-corrected chi connectivity index (χ4v) is 22.2. The van der Waals surface area contributed by atoms with E-state index in [1.54, 1.807) is 18.2 Å². The molecule has 0 bridgehead atoms. The molecule has 1 unspecified atom stereocenters. The summed E-state index contributed by atoms with van der Waals surface area (Å²) >= 11 is 0. The van der Waals surface area contributed by atoms with E-state index in [2.05, 4.69) is 58.9 Å². The Kier molecular flexibility index (Phi) is 10.5. The third kappa shape index (κ3) is 11.7. The molecule has 0 saturated heterocycles. The Hall–Kier alpha value is -1.54. The molecule has 0 saturated carbocycles. The van der Waals surface area contributed by atoms with Crippen LogP contribution in [0, 0.1) is 6.92 Å². The number of carbonyl (C=O) groups is 1. The molecule has 36 heavy (non-hydrogen) atoms. The number of hydrogen-bond donors (Lipinski definition) is 0. The Balaban J connectivity index is 2.07. The lowest BCUT2D eigenvalue weighted by Crippen LogP contribution is -2.56. The summed E-state index contributed by atoms with van der Waals surface area (Å²) in [4.78, 5) is 12.4. The minimum Gasteiger partial charge on any atom is -0.437 e. The molecule has 0 N–H and O–H groups in total. The van der Waals surface area contributed by atoms with Crippen molar-refractivity contribution in [1.29, 1.82) is 0 Å². The van der Waals surface area contributed by atoms with Gasteiger partial charge in [-0.2, -0.15) is 0 Å². The monoisotopic (exact) mass is 564 g/mol. The van der Waals surface area contributed by atoms with E-state index in [4.69, 9.17) is 21.8 Å². The highest BCUT2D eigenvalue weighted by Crippen LogP contribution is 2.29. The maximum Gasteiger partial charge on any atom is 0.519 e. The summed E-state index contributed by atoms with van der Waals surface area (Å²) in [7, 11) is -8.39. The number of benzene rings is 2. The summed E-state index contributed by atoms with van der Waals surface area (Å²) in [6.45, 7) is 21.6. The second kappa shape index (κ2) is 12.3. The highest BCUT2D eigenvalue weighted by atomic mass is 28.5. The first kappa shape index (κ1) is 30.7. The van der Waals surface area contributed by atoms with Crippen molar-refractivity contribution in [3.63, 3.8) is 0 Å². The lowest BCUT2D eigenvalue weighted by molar-refractivity contribution is 0.151. The second-order valence-electron chi connectivity index (χ2n) is 11.8. The van der Waals surface area contributed by atoms with Gasteiger partial charge in [0.05, 0.1) is 0 Å². The van der Waals surface area contributed by atoms with Crippen molar-refractivity contribution in [2.75, 3.05) is 0 Å². The summed E-state index contributed by atoms with van der Waals surface area (Å²) in [5, 5.41) is 0. The van der Waals surface area contributed by atoms with Crippen molar-refractivity contribution < 1.29 is 26.6 Å². The summed E-state index contributed by atoms with van der Waals surface area (Å²) in [5.74, 6) is 0.972. The summed E-state index contributed by atoms with van der Waals surface area (Å²) < 4.78 is 30.9. The van der Waals surface area contributed by atoms with Crippen LogP contribution < -0.4 is 9.47 Å². The molecule has 0 radical (unpaired) electrons. The van der Waals surface area contributed by atoms with Crippen LogP contribution >= 0.6 is 0 Å². The van der Waals surface area contributed by atoms with E-state index in [9.17, 15) is 4.79 Å². The molecule has 0 heterocycles. The molecule has 6 nitrogen and oxygen atoms in total. The van der Waals surface area contributed by atoms with Gasteiger partial charge < -0.3 is 21.8 Å². The third-order valence-electron chi connectivity index (χ3n) is 5.00. The Bertz CT molecular complexity index is 999. The van der Waals surface area contributed by atoms with Gasteiger partial charge in [0.2, 0.25) is 0 Å². The standard InChI is InChI=1S/C26H44O6Si4/c1-22-17-19-24(20-18-22)28-26(27)29-25-16-12-11-14-23(25)15-13-21-36(10,31-34(5,6)7)32-35(8,9)30-33(2,3)4/h11-12,14,16-20H,13,15,21H2,1-10H3. The first-order chi connectivity index (χ1) is 16.5. The zero-order valence-electron chi connectivity index (χ0n) is 23.7. The van der Waals surface area contributed by atoms with Crippen LogP contribution in [0.15, 0.2) is 48.5 Å². The maximum atomic E-state index is 12.4. The van der Waals surface area contributed by atoms with Crippen molar-refractivity contribution in [3.05, 3.63) is 59.7 Å². The van der Waals surface area contributed by atoms with Crippen LogP contribution in [0.3, 0.4) is 0 Å². The predicted octanol–water partition coefficient (Wildman–Crippen LogP) is 8.00. The summed E-state index contributed by atoms with van der Waals surface area (Å²) in [6, 6.07) is 15.7. The SMILES string of the molecule is Cc1ccc(OC(=O)Oc2ccccc2CCC[Si](C)(O[Si](C)(C)C)O[Si](C)(C)O[Si](C)(C)C)cc1. The van der Waals surface area contributed by atoms with Gasteiger partial charge in [-0.25, -0.2) is 4.79 Å². The quantitative estimate of drug-likeness (QED) is 0.148. The van der Waals surface area contributed by atoms with Crippen LogP contribution in [-0.4, -0.2) is 39.9 Å². The average Bonchev–Trinajstić information content (AvgIpc) is 2.67. The molecule has 0 aliphatic heterocycles. The van der Waals surface area contributed by atoms with Crippen LogP contribution in [0.1, 0.15) is 17.5 Å². The minimum atomic E-state index is -2.49. The van der Waals surface area contributed by atoms with Gasteiger partial charge >= 0.3 is 23.3 Å². The Morgan fingerprint density at radius 1 is 0.722 bits per heavy atom. The zero-order chi connectivity index (χ0) is 27.2. The van der Waals surface area contributed by atoms with Crippen LogP contribution in [0.4, 0.5) is 4.79 Å². The van der Waals surface area contributed by atoms with Gasteiger partial charge in [-0.3, -0.25) is 0 Å². The Labute approximate surface area is 222 Å². The lowest BCUT2D eigenvalue weighted by atomic mass is 10.1. The van der Waals surface area contributed by atoms with Crippen LogP contribution in [0.2, 0.25) is 65.0 Å². The lowest BCUT2D eigenvalue weighted by Gasteiger charge is -2.41. The molecule has 0 aromatic heterocycles. The highest BCUT2D eigenvalue weighted by Gasteiger charge is 2.44. The molecule has 200 valence electrons.